The predicted octanol–water partition coefficient (Wildman–Crippen LogP) is 4.78. The van der Waals surface area contributed by atoms with E-state index in [0.717, 1.165) is 48.4 Å². The van der Waals surface area contributed by atoms with Gasteiger partial charge in [-0.2, -0.15) is 0 Å². The maximum Gasteiger partial charge on any atom is 0.258 e. The van der Waals surface area contributed by atoms with E-state index in [0.29, 0.717) is 6.61 Å². The molecule has 0 radical (unpaired) electrons. The van der Waals surface area contributed by atoms with Crippen LogP contribution in [0.2, 0.25) is 0 Å². The third kappa shape index (κ3) is 3.71. The number of anilines is 1. The molecule has 5 nitrogen and oxygen atoms in total. The number of fused-ring (bicyclic) bond motifs is 1. The zero-order valence-corrected chi connectivity index (χ0v) is 17.5. The van der Waals surface area contributed by atoms with Crippen molar-refractivity contribution < 1.29 is 14.3 Å². The summed E-state index contributed by atoms with van der Waals surface area (Å²) in [7, 11) is 0. The van der Waals surface area contributed by atoms with Gasteiger partial charge in [-0.1, -0.05) is 31.2 Å². The normalized spacial score (nSPS) is 24.7. The molecule has 2 aliphatic rings. The summed E-state index contributed by atoms with van der Waals surface area (Å²) in [6, 6.07) is 15.9. The maximum atomic E-state index is 13.4. The van der Waals surface area contributed by atoms with Crippen molar-refractivity contribution in [2.45, 2.75) is 57.8 Å². The second kappa shape index (κ2) is 8.07. The molecule has 0 aromatic heterocycles. The number of rotatable bonds is 6. The molecule has 3 unspecified atom stereocenters. The Morgan fingerprint density at radius 1 is 1.28 bits per heavy atom. The molecule has 2 aromatic carbocycles. The van der Waals surface area contributed by atoms with Gasteiger partial charge in [0.15, 0.2) is 0 Å². The minimum Gasteiger partial charge on any atom is -0.491 e. The summed E-state index contributed by atoms with van der Waals surface area (Å²) in [5, 5.41) is 3.63. The number of amides is 1. The maximum absolute atomic E-state index is 13.4. The first-order chi connectivity index (χ1) is 14.0. The molecule has 0 spiro atoms. The Balaban J connectivity index is 1.67. The summed E-state index contributed by atoms with van der Waals surface area (Å²) in [4.78, 5) is 15.4. The highest BCUT2D eigenvalue weighted by atomic mass is 16.5. The van der Waals surface area contributed by atoms with Crippen molar-refractivity contribution in [3.63, 3.8) is 0 Å². The third-order valence-corrected chi connectivity index (χ3v) is 6.12. The molecule has 3 atom stereocenters. The van der Waals surface area contributed by atoms with E-state index < -0.39 is 5.66 Å². The number of carbonyl (C=O) groups is 1. The summed E-state index contributed by atoms with van der Waals surface area (Å²) >= 11 is 0. The van der Waals surface area contributed by atoms with Crippen LogP contribution in [0.1, 0.15) is 56.0 Å². The largest absolute Gasteiger partial charge is 0.491 e. The molecular formula is C24H30N2O3. The van der Waals surface area contributed by atoms with Crippen LogP contribution in [-0.4, -0.2) is 36.2 Å². The molecule has 2 aromatic rings. The van der Waals surface area contributed by atoms with Gasteiger partial charge in [0, 0.05) is 23.9 Å². The Labute approximate surface area is 173 Å². The molecule has 1 N–H and O–H groups in total. The van der Waals surface area contributed by atoms with Crippen molar-refractivity contribution in [3.8, 4) is 5.75 Å². The highest BCUT2D eigenvalue weighted by Gasteiger charge is 2.44. The Bertz CT molecular complexity index is 878. The average Bonchev–Trinajstić information content (AvgIpc) is 3.26. The highest BCUT2D eigenvalue weighted by Crippen LogP contribution is 2.40. The summed E-state index contributed by atoms with van der Waals surface area (Å²) in [5.74, 6) is 0.860. The summed E-state index contributed by atoms with van der Waals surface area (Å²) in [6.07, 6.45) is 3.19. The second-order valence-corrected chi connectivity index (χ2v) is 8.15. The molecule has 0 aliphatic carbocycles. The quantitative estimate of drug-likeness (QED) is 0.766. The van der Waals surface area contributed by atoms with E-state index in [2.05, 4.69) is 32.2 Å². The number of nitrogens with zero attached hydrogens (tertiary/aromatic N) is 1. The first kappa shape index (κ1) is 19.8. The number of hydrogen-bond acceptors (Lipinski definition) is 4. The molecule has 154 valence electrons. The van der Waals surface area contributed by atoms with Crippen molar-refractivity contribution in [2.24, 2.45) is 0 Å². The van der Waals surface area contributed by atoms with Crippen LogP contribution < -0.4 is 10.1 Å². The van der Waals surface area contributed by atoms with Crippen LogP contribution >= 0.6 is 0 Å². The standard InChI is InChI=1S/C24H30N2O3/c1-4-17(2)26-23(27)21-12-5-6-13-22(21)25-24(26,3)18-9-7-10-19(15-18)29-16-20-11-8-14-28-20/h5-7,9-10,12-13,15,17,20,25H,4,8,11,14,16H2,1-3H3. The van der Waals surface area contributed by atoms with Crippen LogP contribution in [0.4, 0.5) is 5.69 Å². The lowest BCUT2D eigenvalue weighted by Crippen LogP contribution is -2.58. The van der Waals surface area contributed by atoms with Crippen LogP contribution in [0.25, 0.3) is 0 Å². The number of benzene rings is 2. The smallest absolute Gasteiger partial charge is 0.258 e. The van der Waals surface area contributed by atoms with Gasteiger partial charge in [-0.15, -0.1) is 0 Å². The molecule has 1 amide bonds. The molecular weight excluding hydrogens is 364 g/mol. The van der Waals surface area contributed by atoms with Crippen LogP contribution in [-0.2, 0) is 10.4 Å². The van der Waals surface area contributed by atoms with Crippen molar-refractivity contribution >= 4 is 11.6 Å². The molecule has 29 heavy (non-hydrogen) atoms. The van der Waals surface area contributed by atoms with E-state index in [4.69, 9.17) is 9.47 Å². The Morgan fingerprint density at radius 2 is 2.10 bits per heavy atom. The van der Waals surface area contributed by atoms with Crippen LogP contribution in [0.5, 0.6) is 5.75 Å². The number of hydrogen-bond donors (Lipinski definition) is 1. The molecule has 1 saturated heterocycles. The van der Waals surface area contributed by atoms with E-state index >= 15 is 0 Å². The first-order valence-electron chi connectivity index (χ1n) is 10.6. The fourth-order valence-electron chi connectivity index (χ4n) is 4.32. The van der Waals surface area contributed by atoms with E-state index in [9.17, 15) is 4.79 Å². The predicted molar refractivity (Wildman–Crippen MR) is 114 cm³/mol. The Hall–Kier alpha value is -2.53. The molecule has 0 bridgehead atoms. The lowest BCUT2D eigenvalue weighted by Gasteiger charge is -2.49. The van der Waals surface area contributed by atoms with Gasteiger partial charge in [0.1, 0.15) is 18.0 Å². The van der Waals surface area contributed by atoms with Gasteiger partial charge in [-0.25, -0.2) is 0 Å². The Kier molecular flexibility index (Phi) is 5.50. The summed E-state index contributed by atoms with van der Waals surface area (Å²) in [6.45, 7) is 7.67. The van der Waals surface area contributed by atoms with Crippen LogP contribution in [0.3, 0.4) is 0 Å². The molecule has 1 fully saturated rings. The van der Waals surface area contributed by atoms with Gasteiger partial charge >= 0.3 is 0 Å². The highest BCUT2D eigenvalue weighted by molar-refractivity contribution is 6.02. The number of para-hydroxylation sites is 1. The molecule has 2 heterocycles. The zero-order chi connectivity index (χ0) is 20.4. The molecule has 4 rings (SSSR count). The van der Waals surface area contributed by atoms with Gasteiger partial charge in [-0.05, 0) is 57.4 Å². The molecule has 2 aliphatic heterocycles. The van der Waals surface area contributed by atoms with Crippen molar-refractivity contribution in [1.29, 1.82) is 0 Å². The minimum absolute atomic E-state index is 0.0573. The second-order valence-electron chi connectivity index (χ2n) is 8.15. The van der Waals surface area contributed by atoms with Crippen molar-refractivity contribution in [2.75, 3.05) is 18.5 Å². The number of carbonyl (C=O) groups excluding carboxylic acids is 1. The lowest BCUT2D eigenvalue weighted by atomic mass is 9.91. The van der Waals surface area contributed by atoms with E-state index in [1.165, 1.54) is 0 Å². The van der Waals surface area contributed by atoms with E-state index in [1.807, 2.05) is 47.4 Å². The van der Waals surface area contributed by atoms with Crippen molar-refractivity contribution in [1.82, 2.24) is 4.90 Å². The monoisotopic (exact) mass is 394 g/mol. The first-order valence-corrected chi connectivity index (χ1v) is 10.6. The van der Waals surface area contributed by atoms with Gasteiger partial charge in [-0.3, -0.25) is 4.79 Å². The van der Waals surface area contributed by atoms with Gasteiger partial charge in [0.05, 0.1) is 11.7 Å². The Morgan fingerprint density at radius 3 is 2.86 bits per heavy atom. The average molecular weight is 395 g/mol. The van der Waals surface area contributed by atoms with Gasteiger partial charge in [0.25, 0.3) is 5.91 Å². The molecule has 0 saturated carbocycles. The fourth-order valence-corrected chi connectivity index (χ4v) is 4.32. The third-order valence-electron chi connectivity index (χ3n) is 6.12. The van der Waals surface area contributed by atoms with Crippen LogP contribution in [0.15, 0.2) is 48.5 Å². The number of ether oxygens (including phenoxy) is 2. The number of nitrogens with one attached hydrogen (secondary N) is 1. The van der Waals surface area contributed by atoms with E-state index in [-0.39, 0.29) is 18.1 Å². The van der Waals surface area contributed by atoms with Crippen molar-refractivity contribution in [3.05, 3.63) is 59.7 Å². The summed E-state index contributed by atoms with van der Waals surface area (Å²) in [5.41, 5.74) is 1.93. The SMILES string of the molecule is CCC(C)N1C(=O)c2ccccc2NC1(C)c1cccc(OCC2CCCO2)c1. The molecule has 5 heteroatoms. The van der Waals surface area contributed by atoms with Gasteiger partial charge < -0.3 is 19.7 Å². The minimum atomic E-state index is -0.663. The lowest BCUT2D eigenvalue weighted by molar-refractivity contribution is 0.0398. The summed E-state index contributed by atoms with van der Waals surface area (Å²) < 4.78 is 11.7. The fraction of sp³-hybridized carbons (Fsp3) is 0.458. The van der Waals surface area contributed by atoms with Crippen LogP contribution in [0, 0.1) is 0 Å². The topological polar surface area (TPSA) is 50.8 Å². The van der Waals surface area contributed by atoms with Gasteiger partial charge in [0.2, 0.25) is 0 Å². The zero-order valence-electron chi connectivity index (χ0n) is 17.5. The van der Waals surface area contributed by atoms with E-state index in [1.54, 1.807) is 0 Å².